The Bertz CT molecular complexity index is 509. The van der Waals surface area contributed by atoms with Gasteiger partial charge >= 0.3 is 0 Å². The third-order valence-corrected chi connectivity index (χ3v) is 2.91. The summed E-state index contributed by atoms with van der Waals surface area (Å²) in [7, 11) is 1.92. The molecule has 5 heteroatoms. The zero-order valence-corrected chi connectivity index (χ0v) is 10.7. The molecule has 0 aliphatic rings. The molecule has 0 bridgehead atoms. The van der Waals surface area contributed by atoms with Gasteiger partial charge in [-0.15, -0.1) is 0 Å². The Kier molecular flexibility index (Phi) is 3.92. The summed E-state index contributed by atoms with van der Waals surface area (Å²) in [6.45, 7) is 3.72. The van der Waals surface area contributed by atoms with Crippen LogP contribution < -0.4 is 4.90 Å². The molecule has 0 N–H and O–H groups in total. The molecular formula is C13H17FN4. The van der Waals surface area contributed by atoms with E-state index in [1.165, 1.54) is 6.07 Å². The molecule has 2 aromatic heterocycles. The van der Waals surface area contributed by atoms with Crippen molar-refractivity contribution in [3.63, 3.8) is 0 Å². The molecular weight excluding hydrogens is 231 g/mol. The first-order valence-corrected chi connectivity index (χ1v) is 5.98. The summed E-state index contributed by atoms with van der Waals surface area (Å²) >= 11 is 0. The van der Waals surface area contributed by atoms with Crippen LogP contribution in [0.2, 0.25) is 0 Å². The van der Waals surface area contributed by atoms with Crippen molar-refractivity contribution >= 4 is 5.82 Å². The second kappa shape index (κ2) is 5.62. The second-order valence-electron chi connectivity index (χ2n) is 4.26. The van der Waals surface area contributed by atoms with Crippen LogP contribution in [0.1, 0.15) is 12.2 Å². The first-order valence-electron chi connectivity index (χ1n) is 5.98. The number of halogens is 1. The molecule has 0 aliphatic carbocycles. The van der Waals surface area contributed by atoms with Crippen LogP contribution in [0.4, 0.5) is 10.2 Å². The van der Waals surface area contributed by atoms with Gasteiger partial charge in [-0.05, 0) is 25.5 Å². The highest BCUT2D eigenvalue weighted by Crippen LogP contribution is 2.09. The molecule has 96 valence electrons. The molecule has 0 fully saturated rings. The van der Waals surface area contributed by atoms with Gasteiger partial charge in [0.1, 0.15) is 11.6 Å². The molecule has 0 saturated carbocycles. The van der Waals surface area contributed by atoms with Crippen molar-refractivity contribution in [2.75, 3.05) is 18.5 Å². The average Bonchev–Trinajstić information content (AvgIpc) is 2.75. The van der Waals surface area contributed by atoms with Gasteiger partial charge in [0, 0.05) is 32.5 Å². The van der Waals surface area contributed by atoms with E-state index >= 15 is 0 Å². The molecule has 2 rings (SSSR count). The molecule has 0 amide bonds. The highest BCUT2D eigenvalue weighted by Gasteiger charge is 2.04. The molecule has 0 unspecified atom stereocenters. The fourth-order valence-corrected chi connectivity index (χ4v) is 1.84. The lowest BCUT2D eigenvalue weighted by molar-refractivity contribution is 0.578. The van der Waals surface area contributed by atoms with E-state index in [9.17, 15) is 4.39 Å². The number of imidazole rings is 1. The Morgan fingerprint density at radius 2 is 2.22 bits per heavy atom. The van der Waals surface area contributed by atoms with Crippen LogP contribution in [0, 0.1) is 12.9 Å². The van der Waals surface area contributed by atoms with E-state index in [0.717, 1.165) is 25.3 Å². The van der Waals surface area contributed by atoms with Crippen molar-refractivity contribution in [2.45, 2.75) is 19.9 Å². The van der Waals surface area contributed by atoms with Gasteiger partial charge in [0.15, 0.2) is 0 Å². The average molecular weight is 248 g/mol. The lowest BCUT2D eigenvalue weighted by atomic mass is 10.3. The van der Waals surface area contributed by atoms with Crippen LogP contribution in [-0.2, 0) is 6.54 Å². The van der Waals surface area contributed by atoms with Crippen LogP contribution in [-0.4, -0.2) is 28.1 Å². The van der Waals surface area contributed by atoms with Crippen molar-refractivity contribution in [1.82, 2.24) is 14.5 Å². The minimum Gasteiger partial charge on any atom is -0.360 e. The normalized spacial score (nSPS) is 10.6. The predicted octanol–water partition coefficient (Wildman–Crippen LogP) is 2.25. The van der Waals surface area contributed by atoms with Gasteiger partial charge in [-0.25, -0.2) is 9.97 Å². The maximum atomic E-state index is 13.0. The molecule has 0 aliphatic heterocycles. The molecule has 2 heterocycles. The highest BCUT2D eigenvalue weighted by atomic mass is 19.1. The standard InChI is InChI=1S/C13H17FN4/c1-11-15-7-10-18(11)9-4-8-17(2)13-6-3-5-12(14)16-13/h3,5-7,10H,4,8-9H2,1-2H3. The maximum absolute atomic E-state index is 13.0. The summed E-state index contributed by atoms with van der Waals surface area (Å²) in [6, 6.07) is 4.84. The SMILES string of the molecule is Cc1nccn1CCCN(C)c1cccc(F)n1. The highest BCUT2D eigenvalue weighted by molar-refractivity contribution is 5.36. The number of rotatable bonds is 5. The zero-order valence-electron chi connectivity index (χ0n) is 10.7. The summed E-state index contributed by atoms with van der Waals surface area (Å²) in [5, 5.41) is 0. The number of anilines is 1. The Morgan fingerprint density at radius 3 is 2.89 bits per heavy atom. The van der Waals surface area contributed by atoms with E-state index < -0.39 is 5.95 Å². The van der Waals surface area contributed by atoms with Crippen LogP contribution in [0.25, 0.3) is 0 Å². The Labute approximate surface area is 106 Å². The maximum Gasteiger partial charge on any atom is 0.214 e. The molecule has 0 aromatic carbocycles. The minimum absolute atomic E-state index is 0.440. The third-order valence-electron chi connectivity index (χ3n) is 2.91. The van der Waals surface area contributed by atoms with Gasteiger partial charge in [0.2, 0.25) is 5.95 Å². The van der Waals surface area contributed by atoms with Crippen molar-refractivity contribution in [2.24, 2.45) is 0 Å². The molecule has 0 saturated heterocycles. The molecule has 0 radical (unpaired) electrons. The topological polar surface area (TPSA) is 34.0 Å². The van der Waals surface area contributed by atoms with E-state index in [1.54, 1.807) is 12.3 Å². The zero-order chi connectivity index (χ0) is 13.0. The molecule has 0 atom stereocenters. The van der Waals surface area contributed by atoms with E-state index in [-0.39, 0.29) is 0 Å². The van der Waals surface area contributed by atoms with Gasteiger partial charge in [0.05, 0.1) is 0 Å². The number of hydrogen-bond donors (Lipinski definition) is 0. The van der Waals surface area contributed by atoms with E-state index in [0.29, 0.717) is 5.82 Å². The third kappa shape index (κ3) is 3.06. The van der Waals surface area contributed by atoms with Crippen LogP contribution in [0.3, 0.4) is 0 Å². The molecule has 4 nitrogen and oxygen atoms in total. The van der Waals surface area contributed by atoms with Crippen molar-refractivity contribution in [1.29, 1.82) is 0 Å². The fourth-order valence-electron chi connectivity index (χ4n) is 1.84. The predicted molar refractivity (Wildman–Crippen MR) is 69.0 cm³/mol. The first-order chi connectivity index (χ1) is 8.66. The van der Waals surface area contributed by atoms with Gasteiger partial charge in [0.25, 0.3) is 0 Å². The van der Waals surface area contributed by atoms with Crippen molar-refractivity contribution < 1.29 is 4.39 Å². The number of pyridine rings is 1. The van der Waals surface area contributed by atoms with E-state index in [4.69, 9.17) is 0 Å². The largest absolute Gasteiger partial charge is 0.360 e. The van der Waals surface area contributed by atoms with Gasteiger partial charge in [-0.1, -0.05) is 6.07 Å². The summed E-state index contributed by atoms with van der Waals surface area (Å²) < 4.78 is 15.1. The molecule has 2 aromatic rings. The van der Waals surface area contributed by atoms with Crippen LogP contribution in [0.5, 0.6) is 0 Å². The monoisotopic (exact) mass is 248 g/mol. The smallest absolute Gasteiger partial charge is 0.214 e. The molecule has 0 spiro atoms. The number of nitrogens with zero attached hydrogens (tertiary/aromatic N) is 4. The van der Waals surface area contributed by atoms with Crippen LogP contribution in [0.15, 0.2) is 30.6 Å². The molecule has 18 heavy (non-hydrogen) atoms. The quantitative estimate of drug-likeness (QED) is 0.761. The van der Waals surface area contributed by atoms with E-state index in [1.807, 2.05) is 31.1 Å². The summed E-state index contributed by atoms with van der Waals surface area (Å²) in [5.41, 5.74) is 0. The summed E-state index contributed by atoms with van der Waals surface area (Å²) in [6.07, 6.45) is 4.73. The van der Waals surface area contributed by atoms with Gasteiger partial charge in [-0.3, -0.25) is 0 Å². The summed E-state index contributed by atoms with van der Waals surface area (Å²) in [4.78, 5) is 9.97. The minimum atomic E-state index is -0.440. The number of aromatic nitrogens is 3. The van der Waals surface area contributed by atoms with Gasteiger partial charge < -0.3 is 9.47 Å². The Balaban J connectivity index is 1.85. The lowest BCUT2D eigenvalue weighted by Crippen LogP contribution is -2.21. The number of aryl methyl sites for hydroxylation is 2. The first kappa shape index (κ1) is 12.5. The second-order valence-corrected chi connectivity index (χ2v) is 4.26. The summed E-state index contributed by atoms with van der Waals surface area (Å²) in [5.74, 6) is 1.24. The van der Waals surface area contributed by atoms with Crippen LogP contribution >= 0.6 is 0 Å². The number of hydrogen-bond acceptors (Lipinski definition) is 3. The Hall–Kier alpha value is -1.91. The fraction of sp³-hybridized carbons (Fsp3) is 0.385. The van der Waals surface area contributed by atoms with Crippen molar-refractivity contribution in [3.05, 3.63) is 42.4 Å². The van der Waals surface area contributed by atoms with E-state index in [2.05, 4.69) is 14.5 Å². The Morgan fingerprint density at radius 1 is 1.39 bits per heavy atom. The van der Waals surface area contributed by atoms with Gasteiger partial charge in [-0.2, -0.15) is 4.39 Å². The van der Waals surface area contributed by atoms with Crippen molar-refractivity contribution in [3.8, 4) is 0 Å². The lowest BCUT2D eigenvalue weighted by Gasteiger charge is -2.18.